The van der Waals surface area contributed by atoms with Gasteiger partial charge in [0, 0.05) is 6.92 Å². The van der Waals surface area contributed by atoms with Gasteiger partial charge in [-0.1, -0.05) is 66.0 Å². The summed E-state index contributed by atoms with van der Waals surface area (Å²) in [5, 5.41) is 0. The Bertz CT molecular complexity index is 845. The Morgan fingerprint density at radius 3 is 2.44 bits per heavy atom. The molecule has 2 saturated carbocycles. The molecule has 0 aromatic rings. The summed E-state index contributed by atoms with van der Waals surface area (Å²) < 4.78 is 5.25. The topological polar surface area (TPSA) is 26.3 Å². The second-order valence-electron chi connectivity index (χ2n) is 14.1. The summed E-state index contributed by atoms with van der Waals surface area (Å²) in [6.45, 7) is 18.9. The third-order valence-corrected chi connectivity index (χ3v) is 11.4. The molecule has 6 atom stereocenters. The smallest absolute Gasteiger partial charge is 0.307 e. The number of carbonyl (C=O) groups excluding carboxylic acids is 1. The van der Waals surface area contributed by atoms with Gasteiger partial charge < -0.3 is 4.74 Å². The van der Waals surface area contributed by atoms with E-state index in [1.165, 1.54) is 76.7 Å². The summed E-state index contributed by atoms with van der Waals surface area (Å²) in [6, 6.07) is 0. The van der Waals surface area contributed by atoms with Crippen molar-refractivity contribution in [2.75, 3.05) is 0 Å². The molecular formula is C32H52O2. The molecule has 4 aliphatic rings. The second kappa shape index (κ2) is 9.44. The fourth-order valence-corrected chi connectivity index (χ4v) is 9.60. The van der Waals surface area contributed by atoms with Gasteiger partial charge in [-0.2, -0.15) is 0 Å². The highest BCUT2D eigenvalue weighted by molar-refractivity contribution is 5.66. The van der Waals surface area contributed by atoms with E-state index in [0.717, 1.165) is 30.1 Å². The van der Waals surface area contributed by atoms with E-state index in [1.54, 1.807) is 6.26 Å². The molecule has 0 aromatic carbocycles. The largest absolute Gasteiger partial charge is 0.435 e. The average molecular weight is 469 g/mol. The van der Waals surface area contributed by atoms with Crippen LogP contribution in [0.3, 0.4) is 0 Å². The summed E-state index contributed by atoms with van der Waals surface area (Å²) in [5.74, 6) is 3.46. The van der Waals surface area contributed by atoms with Crippen molar-refractivity contribution >= 4 is 5.97 Å². The molecule has 0 heterocycles. The van der Waals surface area contributed by atoms with Crippen molar-refractivity contribution in [1.82, 2.24) is 0 Å². The number of fused-ring (bicyclic) bond motifs is 4. The van der Waals surface area contributed by atoms with Crippen LogP contribution < -0.4 is 0 Å². The molecule has 34 heavy (non-hydrogen) atoms. The first-order valence-electron chi connectivity index (χ1n) is 14.5. The van der Waals surface area contributed by atoms with Crippen LogP contribution in [0.1, 0.15) is 126 Å². The first-order chi connectivity index (χ1) is 15.9. The summed E-state index contributed by atoms with van der Waals surface area (Å²) in [7, 11) is 0. The number of ether oxygens (including phenoxy) is 1. The number of hydrogen-bond donors (Lipinski definition) is 0. The van der Waals surface area contributed by atoms with Crippen LogP contribution in [0.15, 0.2) is 23.0 Å². The Kier molecular flexibility index (Phi) is 7.22. The number of allylic oxidation sites excluding steroid dienone is 3. The molecule has 1 unspecified atom stereocenters. The number of hydrogen-bond acceptors (Lipinski definition) is 2. The van der Waals surface area contributed by atoms with Gasteiger partial charge in [0.05, 0.1) is 6.26 Å². The van der Waals surface area contributed by atoms with Gasteiger partial charge in [0.15, 0.2) is 0 Å². The van der Waals surface area contributed by atoms with Gasteiger partial charge >= 0.3 is 5.97 Å². The van der Waals surface area contributed by atoms with Gasteiger partial charge in [-0.25, -0.2) is 0 Å². The van der Waals surface area contributed by atoms with E-state index >= 15 is 0 Å². The van der Waals surface area contributed by atoms with E-state index in [4.69, 9.17) is 4.74 Å². The van der Waals surface area contributed by atoms with Crippen LogP contribution in [0, 0.1) is 45.8 Å². The normalized spacial score (nSPS) is 38.3. The van der Waals surface area contributed by atoms with Crippen LogP contribution in [-0.4, -0.2) is 5.97 Å². The molecule has 192 valence electrons. The molecule has 0 amide bonds. The molecule has 0 saturated heterocycles. The Labute approximate surface area is 210 Å². The highest BCUT2D eigenvalue weighted by Crippen LogP contribution is 2.68. The van der Waals surface area contributed by atoms with E-state index in [9.17, 15) is 4.79 Å². The molecule has 2 fully saturated rings. The average Bonchev–Trinajstić information content (AvgIpc) is 3.09. The Morgan fingerprint density at radius 2 is 1.76 bits per heavy atom. The van der Waals surface area contributed by atoms with Gasteiger partial charge in [0.25, 0.3) is 0 Å². The molecule has 0 spiro atoms. The summed E-state index contributed by atoms with van der Waals surface area (Å²) in [5.41, 5.74) is 6.59. The summed E-state index contributed by atoms with van der Waals surface area (Å²) in [6.07, 6.45) is 16.6. The van der Waals surface area contributed by atoms with Crippen molar-refractivity contribution < 1.29 is 9.53 Å². The Hall–Kier alpha value is -1.05. The standard InChI is InChI=1S/C32H52O2/c1-21(2)24(20-34-23(4)33)11-10-22(3)26-13-14-27-25-12-15-29-30(5,6)17-9-18-32(29,8)28(25)16-19-31(26,27)7/h20-22,26-27,29H,9-19H2,1-8H3/t22-,26-,27+,29?,31-,32-/m1/s1. The van der Waals surface area contributed by atoms with E-state index in [2.05, 4.69) is 48.5 Å². The molecule has 0 N–H and O–H groups in total. The molecule has 0 aliphatic heterocycles. The highest BCUT2D eigenvalue weighted by Gasteiger charge is 2.57. The van der Waals surface area contributed by atoms with Crippen molar-refractivity contribution in [1.29, 1.82) is 0 Å². The quantitative estimate of drug-likeness (QED) is 0.220. The van der Waals surface area contributed by atoms with Crippen LogP contribution in [0.2, 0.25) is 0 Å². The van der Waals surface area contributed by atoms with Crippen molar-refractivity contribution in [2.45, 2.75) is 126 Å². The Balaban J connectivity index is 1.51. The van der Waals surface area contributed by atoms with Crippen molar-refractivity contribution in [3.05, 3.63) is 23.0 Å². The van der Waals surface area contributed by atoms with Gasteiger partial charge in [-0.05, 0) is 116 Å². The van der Waals surface area contributed by atoms with Crippen molar-refractivity contribution in [3.63, 3.8) is 0 Å². The lowest BCUT2D eigenvalue weighted by Gasteiger charge is -2.58. The van der Waals surface area contributed by atoms with Gasteiger partial charge in [-0.3, -0.25) is 4.79 Å². The molecule has 4 rings (SSSR count). The van der Waals surface area contributed by atoms with E-state index in [1.807, 2.05) is 11.1 Å². The van der Waals surface area contributed by atoms with E-state index < -0.39 is 0 Å². The monoisotopic (exact) mass is 468 g/mol. The zero-order valence-corrected chi connectivity index (χ0v) is 23.6. The molecule has 0 radical (unpaired) electrons. The fourth-order valence-electron chi connectivity index (χ4n) is 9.60. The maximum absolute atomic E-state index is 11.3. The van der Waals surface area contributed by atoms with E-state index in [0.29, 0.717) is 22.2 Å². The number of rotatable bonds is 6. The third-order valence-electron chi connectivity index (χ3n) is 11.4. The third kappa shape index (κ3) is 4.45. The highest BCUT2D eigenvalue weighted by atomic mass is 16.5. The first kappa shape index (κ1) is 26.0. The molecular weight excluding hydrogens is 416 g/mol. The molecule has 4 aliphatic carbocycles. The molecule has 0 aromatic heterocycles. The van der Waals surface area contributed by atoms with Crippen LogP contribution in [0.4, 0.5) is 0 Å². The van der Waals surface area contributed by atoms with Crippen LogP contribution in [-0.2, 0) is 9.53 Å². The van der Waals surface area contributed by atoms with Gasteiger partial charge in [-0.15, -0.1) is 0 Å². The maximum atomic E-state index is 11.3. The lowest BCUT2D eigenvalue weighted by atomic mass is 9.46. The molecule has 2 nitrogen and oxygen atoms in total. The van der Waals surface area contributed by atoms with Gasteiger partial charge in [0.2, 0.25) is 0 Å². The first-order valence-corrected chi connectivity index (χ1v) is 14.5. The molecule has 0 bridgehead atoms. The van der Waals surface area contributed by atoms with Crippen molar-refractivity contribution in [2.24, 2.45) is 45.8 Å². The second-order valence-corrected chi connectivity index (χ2v) is 14.1. The predicted octanol–water partition coefficient (Wildman–Crippen LogP) is 9.26. The number of esters is 1. The minimum absolute atomic E-state index is 0.214. The van der Waals surface area contributed by atoms with Gasteiger partial charge in [0.1, 0.15) is 0 Å². The van der Waals surface area contributed by atoms with Crippen LogP contribution >= 0.6 is 0 Å². The van der Waals surface area contributed by atoms with Crippen LogP contribution in [0.5, 0.6) is 0 Å². The zero-order chi connectivity index (χ0) is 24.9. The zero-order valence-electron chi connectivity index (χ0n) is 23.6. The minimum Gasteiger partial charge on any atom is -0.435 e. The number of carbonyl (C=O) groups is 1. The lowest BCUT2D eigenvalue weighted by molar-refractivity contribution is -0.135. The lowest BCUT2D eigenvalue weighted by Crippen LogP contribution is -2.48. The summed E-state index contributed by atoms with van der Waals surface area (Å²) >= 11 is 0. The summed E-state index contributed by atoms with van der Waals surface area (Å²) in [4.78, 5) is 11.3. The van der Waals surface area contributed by atoms with Crippen molar-refractivity contribution in [3.8, 4) is 0 Å². The minimum atomic E-state index is -0.214. The maximum Gasteiger partial charge on any atom is 0.307 e. The predicted molar refractivity (Wildman–Crippen MR) is 142 cm³/mol. The Morgan fingerprint density at radius 1 is 1.03 bits per heavy atom. The fraction of sp³-hybridized carbons (Fsp3) is 0.844. The molecule has 2 heteroatoms. The van der Waals surface area contributed by atoms with E-state index in [-0.39, 0.29) is 5.97 Å². The SMILES string of the molecule is CC(=O)OC=C(CC[C@@H](C)[C@H]1CC[C@H]2C3=C(CC[C@]12C)[C@@]1(C)CCCC(C)(C)C1CC3)C(C)C. The van der Waals surface area contributed by atoms with Crippen LogP contribution in [0.25, 0.3) is 0 Å².